The highest BCUT2D eigenvalue weighted by Gasteiger charge is 2.10. The van der Waals surface area contributed by atoms with Crippen LogP contribution in [0, 0.1) is 11.3 Å². The number of benzene rings is 2. The van der Waals surface area contributed by atoms with E-state index in [1.807, 2.05) is 24.3 Å². The molecule has 0 radical (unpaired) electrons. The summed E-state index contributed by atoms with van der Waals surface area (Å²) in [5.41, 5.74) is 3.38. The Morgan fingerprint density at radius 2 is 1.84 bits per heavy atom. The first-order valence-corrected chi connectivity index (χ1v) is 8.04. The van der Waals surface area contributed by atoms with Crippen molar-refractivity contribution in [1.29, 1.82) is 5.26 Å². The molecule has 2 aromatic carbocycles. The number of carbonyl (C=O) groups is 1. The van der Waals surface area contributed by atoms with Crippen LogP contribution in [-0.4, -0.2) is 10.9 Å². The van der Waals surface area contributed by atoms with Gasteiger partial charge in [0.25, 0.3) is 5.91 Å². The molecule has 1 N–H and O–H groups in total. The van der Waals surface area contributed by atoms with Crippen LogP contribution in [0.5, 0.6) is 0 Å². The number of hydrogen-bond acceptors (Lipinski definition) is 3. The normalized spacial score (nSPS) is 10.1. The molecule has 4 nitrogen and oxygen atoms in total. The summed E-state index contributed by atoms with van der Waals surface area (Å²) in [5.74, 6) is -0.301. The molecule has 0 fully saturated rings. The Kier molecular flexibility index (Phi) is 5.08. The lowest BCUT2D eigenvalue weighted by Gasteiger charge is -2.07. The molecule has 25 heavy (non-hydrogen) atoms. The van der Waals surface area contributed by atoms with Gasteiger partial charge in [-0.25, -0.2) is 4.98 Å². The van der Waals surface area contributed by atoms with Crippen molar-refractivity contribution >= 4 is 23.2 Å². The third-order valence-corrected chi connectivity index (χ3v) is 3.84. The number of halogens is 1. The minimum absolute atomic E-state index is 0.300. The molecular weight excluding hydrogens is 334 g/mol. The van der Waals surface area contributed by atoms with Gasteiger partial charge in [-0.15, -0.1) is 0 Å². The van der Waals surface area contributed by atoms with Crippen molar-refractivity contribution in [3.8, 4) is 17.3 Å². The molecule has 0 aliphatic heterocycles. The zero-order valence-corrected chi connectivity index (χ0v) is 14.0. The Morgan fingerprint density at radius 1 is 1.08 bits per heavy atom. The average molecular weight is 348 g/mol. The Balaban J connectivity index is 1.81. The largest absolute Gasteiger partial charge is 0.321 e. The summed E-state index contributed by atoms with van der Waals surface area (Å²) in [7, 11) is 0. The van der Waals surface area contributed by atoms with Crippen molar-refractivity contribution in [2.75, 3.05) is 5.32 Å². The highest BCUT2D eigenvalue weighted by molar-refractivity contribution is 6.30. The van der Waals surface area contributed by atoms with Crippen LogP contribution in [0.3, 0.4) is 0 Å². The molecule has 0 bridgehead atoms. The fourth-order valence-electron chi connectivity index (χ4n) is 2.39. The first-order chi connectivity index (χ1) is 12.2. The van der Waals surface area contributed by atoms with E-state index >= 15 is 0 Å². The molecule has 0 unspecified atom stereocenters. The van der Waals surface area contributed by atoms with Crippen LogP contribution in [0.1, 0.15) is 16.1 Å². The van der Waals surface area contributed by atoms with Crippen molar-refractivity contribution in [3.63, 3.8) is 0 Å². The lowest BCUT2D eigenvalue weighted by Crippen LogP contribution is -2.14. The van der Waals surface area contributed by atoms with Crippen molar-refractivity contribution < 1.29 is 4.79 Å². The topological polar surface area (TPSA) is 65.8 Å². The summed E-state index contributed by atoms with van der Waals surface area (Å²) in [4.78, 5) is 16.9. The van der Waals surface area contributed by atoms with Gasteiger partial charge in [0, 0.05) is 16.3 Å². The summed E-state index contributed by atoms with van der Waals surface area (Å²) in [6, 6.07) is 21.9. The zero-order chi connectivity index (χ0) is 17.6. The van der Waals surface area contributed by atoms with Crippen molar-refractivity contribution in [3.05, 3.63) is 83.0 Å². The molecule has 1 amide bonds. The maximum Gasteiger partial charge on any atom is 0.274 e. The van der Waals surface area contributed by atoms with Gasteiger partial charge in [-0.2, -0.15) is 5.26 Å². The van der Waals surface area contributed by atoms with Gasteiger partial charge in [-0.05, 0) is 42.0 Å². The molecule has 0 atom stereocenters. The van der Waals surface area contributed by atoms with Crippen molar-refractivity contribution in [2.45, 2.75) is 6.42 Å². The predicted octanol–water partition coefficient (Wildman–Crippen LogP) is 4.72. The van der Waals surface area contributed by atoms with Gasteiger partial charge in [0.05, 0.1) is 18.2 Å². The molecule has 0 spiro atoms. The maximum absolute atomic E-state index is 12.5. The quantitative estimate of drug-likeness (QED) is 0.742. The van der Waals surface area contributed by atoms with Crippen molar-refractivity contribution in [2.24, 2.45) is 0 Å². The average Bonchev–Trinajstić information content (AvgIpc) is 2.63. The molecule has 1 aromatic heterocycles. The molecule has 0 aliphatic rings. The van der Waals surface area contributed by atoms with E-state index < -0.39 is 0 Å². The van der Waals surface area contributed by atoms with E-state index in [9.17, 15) is 4.79 Å². The van der Waals surface area contributed by atoms with Crippen LogP contribution < -0.4 is 5.32 Å². The first kappa shape index (κ1) is 16.7. The van der Waals surface area contributed by atoms with Gasteiger partial charge < -0.3 is 5.32 Å². The van der Waals surface area contributed by atoms with Gasteiger partial charge in [0.1, 0.15) is 5.69 Å². The Labute approximate surface area is 150 Å². The summed E-state index contributed by atoms with van der Waals surface area (Å²) in [5, 5.41) is 12.2. The molecule has 0 saturated carbocycles. The van der Waals surface area contributed by atoms with E-state index in [4.69, 9.17) is 16.9 Å². The number of hydrogen-bond donors (Lipinski definition) is 1. The fraction of sp³-hybridized carbons (Fsp3) is 0.0500. The molecule has 5 heteroatoms. The Hall–Kier alpha value is -3.16. The van der Waals surface area contributed by atoms with E-state index in [-0.39, 0.29) is 5.91 Å². The monoisotopic (exact) mass is 347 g/mol. The highest BCUT2D eigenvalue weighted by atomic mass is 35.5. The summed E-state index contributed by atoms with van der Waals surface area (Å²) >= 11 is 5.90. The number of pyridine rings is 1. The number of nitrogens with one attached hydrogen (secondary N) is 1. The van der Waals surface area contributed by atoms with E-state index in [0.29, 0.717) is 28.5 Å². The number of nitrogens with zero attached hydrogens (tertiary/aromatic N) is 2. The Morgan fingerprint density at radius 3 is 2.60 bits per heavy atom. The van der Waals surface area contributed by atoms with Gasteiger partial charge in [-0.1, -0.05) is 41.9 Å². The minimum atomic E-state index is -0.301. The van der Waals surface area contributed by atoms with Crippen LogP contribution in [0.2, 0.25) is 5.02 Å². The highest BCUT2D eigenvalue weighted by Crippen LogP contribution is 2.20. The minimum Gasteiger partial charge on any atom is -0.321 e. The smallest absolute Gasteiger partial charge is 0.274 e. The maximum atomic E-state index is 12.5. The second-order valence-corrected chi connectivity index (χ2v) is 5.84. The van der Waals surface area contributed by atoms with Crippen LogP contribution in [0.15, 0.2) is 66.7 Å². The third kappa shape index (κ3) is 4.23. The van der Waals surface area contributed by atoms with Gasteiger partial charge in [0.15, 0.2) is 0 Å². The molecular formula is C20H14ClN3O. The van der Waals surface area contributed by atoms with Gasteiger partial charge in [-0.3, -0.25) is 4.79 Å². The summed E-state index contributed by atoms with van der Waals surface area (Å²) in [6.07, 6.45) is 0.300. The SMILES string of the molecule is N#CCc1cccc(NC(=O)c2cccc(-c3ccc(Cl)cc3)n2)c1. The summed E-state index contributed by atoms with van der Waals surface area (Å²) in [6.45, 7) is 0. The lowest BCUT2D eigenvalue weighted by atomic mass is 10.1. The molecule has 0 aliphatic carbocycles. The molecule has 0 saturated heterocycles. The number of rotatable bonds is 4. The van der Waals surface area contributed by atoms with Crippen LogP contribution in [0.4, 0.5) is 5.69 Å². The fourth-order valence-corrected chi connectivity index (χ4v) is 2.51. The van der Waals surface area contributed by atoms with Gasteiger partial charge in [0.2, 0.25) is 0 Å². The molecule has 3 aromatic rings. The number of amides is 1. The second-order valence-electron chi connectivity index (χ2n) is 5.40. The Bertz CT molecular complexity index is 946. The van der Waals surface area contributed by atoms with E-state index in [1.165, 1.54) is 0 Å². The number of carbonyl (C=O) groups excluding carboxylic acids is 1. The zero-order valence-electron chi connectivity index (χ0n) is 13.2. The second kappa shape index (κ2) is 7.61. The number of aromatic nitrogens is 1. The van der Waals surface area contributed by atoms with E-state index in [1.54, 1.807) is 42.5 Å². The van der Waals surface area contributed by atoms with Crippen LogP contribution in [-0.2, 0) is 6.42 Å². The summed E-state index contributed by atoms with van der Waals surface area (Å²) < 4.78 is 0. The predicted molar refractivity (Wildman–Crippen MR) is 98.4 cm³/mol. The van der Waals surface area contributed by atoms with Crippen molar-refractivity contribution in [1.82, 2.24) is 4.98 Å². The van der Waals surface area contributed by atoms with Crippen LogP contribution in [0.25, 0.3) is 11.3 Å². The molecule has 3 rings (SSSR count). The molecule has 1 heterocycles. The first-order valence-electron chi connectivity index (χ1n) is 7.66. The lowest BCUT2D eigenvalue weighted by molar-refractivity contribution is 0.102. The number of anilines is 1. The third-order valence-electron chi connectivity index (χ3n) is 3.59. The van der Waals surface area contributed by atoms with E-state index in [2.05, 4.69) is 16.4 Å². The number of nitriles is 1. The molecule has 122 valence electrons. The van der Waals surface area contributed by atoms with Crippen LogP contribution >= 0.6 is 11.6 Å². The van der Waals surface area contributed by atoms with Gasteiger partial charge >= 0.3 is 0 Å². The van der Waals surface area contributed by atoms with E-state index in [0.717, 1.165) is 11.1 Å². The standard InChI is InChI=1S/C20H14ClN3O/c21-16-9-7-15(8-10-16)18-5-2-6-19(24-18)20(25)23-17-4-1-3-14(13-17)11-12-22/h1-10,13H,11H2,(H,23,25).